The summed E-state index contributed by atoms with van der Waals surface area (Å²) in [6.07, 6.45) is 1.94. The van der Waals surface area contributed by atoms with Gasteiger partial charge in [0.25, 0.3) is 5.56 Å². The first-order chi connectivity index (χ1) is 14.3. The Hall–Kier alpha value is -3.16. The Morgan fingerprint density at radius 2 is 1.90 bits per heavy atom. The van der Waals surface area contributed by atoms with Crippen LogP contribution in [0.25, 0.3) is 10.9 Å². The summed E-state index contributed by atoms with van der Waals surface area (Å²) < 4.78 is 6.81. The number of carbonyl (C=O) groups is 1. The first-order valence-electron chi connectivity index (χ1n) is 10.3. The fourth-order valence-corrected chi connectivity index (χ4v) is 3.92. The van der Waals surface area contributed by atoms with Gasteiger partial charge in [-0.05, 0) is 45.9 Å². The van der Waals surface area contributed by atoms with Gasteiger partial charge in [0.2, 0.25) is 5.91 Å². The Morgan fingerprint density at radius 3 is 2.53 bits per heavy atom. The third-order valence-electron chi connectivity index (χ3n) is 5.83. The maximum atomic E-state index is 12.7. The number of fused-ring (bicyclic) bond motifs is 1. The maximum Gasteiger partial charge on any atom is 0.261 e. The van der Waals surface area contributed by atoms with Gasteiger partial charge in [0.15, 0.2) is 0 Å². The molecule has 0 radical (unpaired) electrons. The molecule has 0 aliphatic carbocycles. The summed E-state index contributed by atoms with van der Waals surface area (Å²) in [7, 11) is 0. The number of amides is 1. The van der Waals surface area contributed by atoms with Crippen LogP contribution < -0.4 is 10.5 Å². The number of hydrogen-bond acceptors (Lipinski definition) is 6. The highest BCUT2D eigenvalue weighted by atomic mass is 16.5. The van der Waals surface area contributed by atoms with E-state index in [1.807, 2.05) is 50.8 Å². The number of anilines is 1. The molecule has 0 saturated carbocycles. The van der Waals surface area contributed by atoms with E-state index < -0.39 is 0 Å². The first kappa shape index (κ1) is 20.1. The molecule has 1 aromatic carbocycles. The van der Waals surface area contributed by atoms with E-state index in [0.717, 1.165) is 30.0 Å². The van der Waals surface area contributed by atoms with E-state index in [4.69, 9.17) is 4.52 Å². The number of carbonyl (C=O) groups excluding carboxylic acids is 1. The normalized spacial score (nSPS) is 14.7. The van der Waals surface area contributed by atoms with Crippen molar-refractivity contribution in [1.29, 1.82) is 0 Å². The average molecular weight is 409 g/mol. The minimum atomic E-state index is -0.0173. The standard InChI is InChI=1S/C22H27N5O3/c1-14(2)27-13-23-20-11-17(5-6-18(20)22(27)29)25-7-9-26(10-8-25)21(28)12-19-15(3)24-30-16(19)4/h5-6,11,13-14H,7-10,12H2,1-4H3. The molecule has 1 amide bonds. The molecule has 0 spiro atoms. The van der Waals surface area contributed by atoms with Crippen molar-refractivity contribution >= 4 is 22.5 Å². The van der Waals surface area contributed by atoms with Crippen molar-refractivity contribution in [3.8, 4) is 0 Å². The monoisotopic (exact) mass is 409 g/mol. The lowest BCUT2D eigenvalue weighted by molar-refractivity contribution is -0.130. The van der Waals surface area contributed by atoms with Gasteiger partial charge in [-0.2, -0.15) is 0 Å². The number of benzene rings is 1. The molecule has 4 rings (SSSR count). The van der Waals surface area contributed by atoms with Crippen LogP contribution in [0.1, 0.15) is 36.9 Å². The van der Waals surface area contributed by atoms with Crippen molar-refractivity contribution in [1.82, 2.24) is 19.6 Å². The highest BCUT2D eigenvalue weighted by molar-refractivity contribution is 5.82. The molecule has 1 fully saturated rings. The maximum absolute atomic E-state index is 12.7. The molecule has 3 aromatic rings. The Labute approximate surface area is 175 Å². The van der Waals surface area contributed by atoms with Crippen molar-refractivity contribution in [2.75, 3.05) is 31.1 Å². The molecule has 0 atom stereocenters. The summed E-state index contributed by atoms with van der Waals surface area (Å²) in [4.78, 5) is 33.9. The summed E-state index contributed by atoms with van der Waals surface area (Å²) in [5.41, 5.74) is 3.37. The fraction of sp³-hybridized carbons (Fsp3) is 0.455. The second-order valence-corrected chi connectivity index (χ2v) is 8.10. The van der Waals surface area contributed by atoms with E-state index in [1.54, 1.807) is 10.9 Å². The number of rotatable bonds is 4. The van der Waals surface area contributed by atoms with E-state index in [0.29, 0.717) is 36.2 Å². The summed E-state index contributed by atoms with van der Waals surface area (Å²) in [5, 5.41) is 4.56. The lowest BCUT2D eigenvalue weighted by Crippen LogP contribution is -2.49. The summed E-state index contributed by atoms with van der Waals surface area (Å²) in [6, 6.07) is 5.86. The smallest absolute Gasteiger partial charge is 0.261 e. The predicted molar refractivity (Wildman–Crippen MR) is 115 cm³/mol. The van der Waals surface area contributed by atoms with E-state index in [1.165, 1.54) is 0 Å². The Morgan fingerprint density at radius 1 is 1.17 bits per heavy atom. The Bertz CT molecular complexity index is 1120. The number of nitrogens with zero attached hydrogens (tertiary/aromatic N) is 5. The lowest BCUT2D eigenvalue weighted by Gasteiger charge is -2.36. The molecule has 2 aromatic heterocycles. The van der Waals surface area contributed by atoms with E-state index >= 15 is 0 Å². The van der Waals surface area contributed by atoms with Gasteiger partial charge >= 0.3 is 0 Å². The number of aryl methyl sites for hydroxylation is 2. The largest absolute Gasteiger partial charge is 0.368 e. The topological polar surface area (TPSA) is 84.5 Å². The molecule has 0 N–H and O–H groups in total. The van der Waals surface area contributed by atoms with Crippen LogP contribution in [0, 0.1) is 13.8 Å². The zero-order valence-electron chi connectivity index (χ0n) is 17.9. The molecule has 1 saturated heterocycles. The first-order valence-corrected chi connectivity index (χ1v) is 10.3. The van der Waals surface area contributed by atoms with Crippen LogP contribution in [0.2, 0.25) is 0 Å². The molecule has 1 aliphatic rings. The van der Waals surface area contributed by atoms with E-state index in [-0.39, 0.29) is 17.5 Å². The van der Waals surface area contributed by atoms with Crippen molar-refractivity contribution in [2.24, 2.45) is 0 Å². The Balaban J connectivity index is 1.45. The van der Waals surface area contributed by atoms with Crippen molar-refractivity contribution in [3.63, 3.8) is 0 Å². The molecule has 158 valence electrons. The number of piperazine rings is 1. The van der Waals surface area contributed by atoms with Crippen LogP contribution >= 0.6 is 0 Å². The zero-order chi connectivity index (χ0) is 21.4. The molecular weight excluding hydrogens is 382 g/mol. The minimum Gasteiger partial charge on any atom is -0.368 e. The van der Waals surface area contributed by atoms with E-state index in [9.17, 15) is 9.59 Å². The van der Waals surface area contributed by atoms with Crippen LogP contribution in [0.15, 0.2) is 33.8 Å². The highest BCUT2D eigenvalue weighted by Crippen LogP contribution is 2.21. The zero-order valence-corrected chi connectivity index (χ0v) is 17.9. The Kier molecular flexibility index (Phi) is 5.32. The molecule has 8 heteroatoms. The molecule has 3 heterocycles. The molecule has 0 bridgehead atoms. The van der Waals surface area contributed by atoms with Gasteiger partial charge in [-0.15, -0.1) is 0 Å². The predicted octanol–water partition coefficient (Wildman–Crippen LogP) is 2.47. The van der Waals surface area contributed by atoms with Gasteiger partial charge in [-0.3, -0.25) is 14.2 Å². The van der Waals surface area contributed by atoms with Crippen LogP contribution in [0.4, 0.5) is 5.69 Å². The van der Waals surface area contributed by atoms with Gasteiger partial charge in [0.1, 0.15) is 5.76 Å². The quantitative estimate of drug-likeness (QED) is 0.658. The molecule has 1 aliphatic heterocycles. The van der Waals surface area contributed by atoms with Gasteiger partial charge in [-0.1, -0.05) is 5.16 Å². The van der Waals surface area contributed by atoms with Crippen molar-refractivity contribution in [2.45, 2.75) is 40.2 Å². The lowest BCUT2D eigenvalue weighted by atomic mass is 10.1. The number of aromatic nitrogens is 3. The van der Waals surface area contributed by atoms with Gasteiger partial charge in [-0.25, -0.2) is 4.98 Å². The summed E-state index contributed by atoms with van der Waals surface area (Å²) in [6.45, 7) is 10.4. The van der Waals surface area contributed by atoms with Gasteiger partial charge in [0.05, 0.1) is 29.3 Å². The third kappa shape index (κ3) is 3.69. The second kappa shape index (κ2) is 7.93. The van der Waals surface area contributed by atoms with Crippen LogP contribution in [0.5, 0.6) is 0 Å². The fourth-order valence-electron chi connectivity index (χ4n) is 3.92. The van der Waals surface area contributed by atoms with Gasteiger partial charge in [0, 0.05) is 43.5 Å². The average Bonchev–Trinajstić information content (AvgIpc) is 3.05. The van der Waals surface area contributed by atoms with E-state index in [2.05, 4.69) is 15.0 Å². The minimum absolute atomic E-state index is 0.0173. The summed E-state index contributed by atoms with van der Waals surface area (Å²) in [5.74, 6) is 0.804. The van der Waals surface area contributed by atoms with Crippen LogP contribution in [-0.4, -0.2) is 51.7 Å². The third-order valence-corrected chi connectivity index (χ3v) is 5.83. The molecule has 30 heavy (non-hydrogen) atoms. The summed E-state index contributed by atoms with van der Waals surface area (Å²) >= 11 is 0. The van der Waals surface area contributed by atoms with Crippen molar-refractivity contribution in [3.05, 3.63) is 51.9 Å². The van der Waals surface area contributed by atoms with Crippen LogP contribution in [-0.2, 0) is 11.2 Å². The van der Waals surface area contributed by atoms with Gasteiger partial charge < -0.3 is 14.3 Å². The highest BCUT2D eigenvalue weighted by Gasteiger charge is 2.24. The van der Waals surface area contributed by atoms with Crippen molar-refractivity contribution < 1.29 is 9.32 Å². The number of hydrogen-bond donors (Lipinski definition) is 0. The molecule has 0 unspecified atom stereocenters. The second-order valence-electron chi connectivity index (χ2n) is 8.10. The molecule has 8 nitrogen and oxygen atoms in total. The molecular formula is C22H27N5O3. The van der Waals surface area contributed by atoms with Crippen LogP contribution in [0.3, 0.4) is 0 Å². The SMILES string of the molecule is Cc1noc(C)c1CC(=O)N1CCN(c2ccc3c(=O)n(C(C)C)cnc3c2)CC1.